The first kappa shape index (κ1) is 18.3. The quantitative estimate of drug-likeness (QED) is 0.842. The van der Waals surface area contributed by atoms with Gasteiger partial charge in [0.1, 0.15) is 0 Å². The van der Waals surface area contributed by atoms with Gasteiger partial charge in [0.25, 0.3) is 0 Å². The third-order valence-electron chi connectivity index (χ3n) is 4.56. The van der Waals surface area contributed by atoms with Crippen LogP contribution in [0.4, 0.5) is 4.79 Å². The minimum atomic E-state index is -0.291. The maximum absolute atomic E-state index is 12.2. The van der Waals surface area contributed by atoms with Gasteiger partial charge in [-0.2, -0.15) is 0 Å². The molecule has 0 aliphatic carbocycles. The molecule has 0 spiro atoms. The standard InChI is InChI=1S/C19H29N3O2/c1-4-15-7-9-16(10-8-15)18(14(2)3)21-19(24)20-13-17(23)22-11-5-6-12-22/h7-10,14,18H,4-6,11-13H2,1-3H3,(H2,20,21,24). The number of carbonyl (C=O) groups excluding carboxylic acids is 2. The van der Waals surface area contributed by atoms with Crippen molar-refractivity contribution in [3.8, 4) is 0 Å². The molecule has 2 N–H and O–H groups in total. The largest absolute Gasteiger partial charge is 0.341 e. The van der Waals surface area contributed by atoms with E-state index in [2.05, 4.69) is 55.7 Å². The number of hydrogen-bond donors (Lipinski definition) is 2. The number of hydrogen-bond acceptors (Lipinski definition) is 2. The van der Waals surface area contributed by atoms with Gasteiger partial charge < -0.3 is 15.5 Å². The Kier molecular flexibility index (Phi) is 6.64. The van der Waals surface area contributed by atoms with Gasteiger partial charge >= 0.3 is 6.03 Å². The second-order valence-electron chi connectivity index (χ2n) is 6.73. The van der Waals surface area contributed by atoms with Crippen LogP contribution in [0.5, 0.6) is 0 Å². The third-order valence-corrected chi connectivity index (χ3v) is 4.56. The molecule has 1 unspecified atom stereocenters. The summed E-state index contributed by atoms with van der Waals surface area (Å²) in [7, 11) is 0. The van der Waals surface area contributed by atoms with Crippen LogP contribution in [-0.4, -0.2) is 36.5 Å². The molecule has 24 heavy (non-hydrogen) atoms. The zero-order valence-corrected chi connectivity index (χ0v) is 15.0. The summed E-state index contributed by atoms with van der Waals surface area (Å²) in [6.07, 6.45) is 3.11. The predicted molar refractivity (Wildman–Crippen MR) is 95.7 cm³/mol. The van der Waals surface area contributed by atoms with Crippen LogP contribution < -0.4 is 10.6 Å². The highest BCUT2D eigenvalue weighted by Crippen LogP contribution is 2.22. The van der Waals surface area contributed by atoms with Gasteiger partial charge in [-0.15, -0.1) is 0 Å². The number of likely N-dealkylation sites (tertiary alicyclic amines) is 1. The van der Waals surface area contributed by atoms with Gasteiger partial charge in [-0.05, 0) is 36.3 Å². The highest BCUT2D eigenvalue weighted by Gasteiger charge is 2.21. The van der Waals surface area contributed by atoms with Crippen LogP contribution in [0.1, 0.15) is 50.8 Å². The highest BCUT2D eigenvalue weighted by atomic mass is 16.2. The molecule has 1 fully saturated rings. The number of aryl methyl sites for hydroxylation is 1. The summed E-state index contributed by atoms with van der Waals surface area (Å²) < 4.78 is 0. The Labute approximate surface area is 144 Å². The Morgan fingerprint density at radius 2 is 1.75 bits per heavy atom. The minimum Gasteiger partial charge on any atom is -0.341 e. The van der Waals surface area contributed by atoms with Crippen molar-refractivity contribution in [3.05, 3.63) is 35.4 Å². The summed E-state index contributed by atoms with van der Waals surface area (Å²) in [6.45, 7) is 7.95. The SMILES string of the molecule is CCc1ccc(C(NC(=O)NCC(=O)N2CCCC2)C(C)C)cc1. The van der Waals surface area contributed by atoms with Crippen molar-refractivity contribution in [2.45, 2.75) is 46.1 Å². The lowest BCUT2D eigenvalue weighted by atomic mass is 9.95. The van der Waals surface area contributed by atoms with Crippen molar-refractivity contribution in [3.63, 3.8) is 0 Å². The summed E-state index contributed by atoms with van der Waals surface area (Å²) in [5, 5.41) is 5.69. The number of nitrogens with one attached hydrogen (secondary N) is 2. The molecule has 0 radical (unpaired) electrons. The zero-order chi connectivity index (χ0) is 17.5. The monoisotopic (exact) mass is 331 g/mol. The Morgan fingerprint density at radius 3 is 2.29 bits per heavy atom. The smallest absolute Gasteiger partial charge is 0.315 e. The molecule has 1 heterocycles. The molecule has 5 nitrogen and oxygen atoms in total. The summed E-state index contributed by atoms with van der Waals surface area (Å²) >= 11 is 0. The summed E-state index contributed by atoms with van der Waals surface area (Å²) in [5.41, 5.74) is 2.37. The van der Waals surface area contributed by atoms with Crippen LogP contribution in [-0.2, 0) is 11.2 Å². The molecular formula is C19H29N3O2. The van der Waals surface area contributed by atoms with Crippen LogP contribution in [0.15, 0.2) is 24.3 Å². The fraction of sp³-hybridized carbons (Fsp3) is 0.579. The lowest BCUT2D eigenvalue weighted by Gasteiger charge is -2.24. The van der Waals surface area contributed by atoms with Gasteiger partial charge in [-0.3, -0.25) is 4.79 Å². The van der Waals surface area contributed by atoms with Gasteiger partial charge in [0.15, 0.2) is 0 Å². The third kappa shape index (κ3) is 4.98. The molecule has 1 aromatic rings. The molecule has 3 amide bonds. The van der Waals surface area contributed by atoms with E-state index in [1.54, 1.807) is 0 Å². The fourth-order valence-corrected chi connectivity index (χ4v) is 3.02. The average Bonchev–Trinajstić information content (AvgIpc) is 3.12. The molecule has 5 heteroatoms. The first-order valence-corrected chi connectivity index (χ1v) is 8.92. The summed E-state index contributed by atoms with van der Waals surface area (Å²) in [6, 6.07) is 7.97. The predicted octanol–water partition coefficient (Wildman–Crippen LogP) is 2.87. The van der Waals surface area contributed by atoms with E-state index >= 15 is 0 Å². The van der Waals surface area contributed by atoms with E-state index in [9.17, 15) is 9.59 Å². The summed E-state index contributed by atoms with van der Waals surface area (Å²) in [4.78, 5) is 26.0. The van der Waals surface area contributed by atoms with Gasteiger partial charge in [-0.1, -0.05) is 45.0 Å². The van der Waals surface area contributed by atoms with Crippen LogP contribution >= 0.6 is 0 Å². The van der Waals surface area contributed by atoms with Crippen LogP contribution in [0.2, 0.25) is 0 Å². The van der Waals surface area contributed by atoms with E-state index in [1.807, 2.05) is 4.90 Å². The van der Waals surface area contributed by atoms with Crippen LogP contribution in [0, 0.1) is 5.92 Å². The van der Waals surface area contributed by atoms with E-state index in [-0.39, 0.29) is 30.4 Å². The van der Waals surface area contributed by atoms with Crippen molar-refractivity contribution in [2.75, 3.05) is 19.6 Å². The van der Waals surface area contributed by atoms with Gasteiger partial charge in [0, 0.05) is 13.1 Å². The lowest BCUT2D eigenvalue weighted by Crippen LogP contribution is -2.44. The molecule has 0 aromatic heterocycles. The highest BCUT2D eigenvalue weighted by molar-refractivity contribution is 5.84. The van der Waals surface area contributed by atoms with Crippen LogP contribution in [0.3, 0.4) is 0 Å². The second-order valence-corrected chi connectivity index (χ2v) is 6.73. The number of nitrogens with zero attached hydrogens (tertiary/aromatic N) is 1. The molecule has 1 saturated heterocycles. The number of rotatable bonds is 6. The molecular weight excluding hydrogens is 302 g/mol. The van der Waals surface area contributed by atoms with Gasteiger partial charge in [-0.25, -0.2) is 4.79 Å². The molecule has 1 aromatic carbocycles. The minimum absolute atomic E-state index is 0.00366. The number of amides is 3. The normalized spacial score (nSPS) is 15.4. The van der Waals surface area contributed by atoms with E-state index < -0.39 is 0 Å². The van der Waals surface area contributed by atoms with Crippen molar-refractivity contribution in [2.24, 2.45) is 5.92 Å². The Bertz CT molecular complexity index is 548. The van der Waals surface area contributed by atoms with E-state index in [1.165, 1.54) is 5.56 Å². The molecule has 1 aliphatic heterocycles. The van der Waals surface area contributed by atoms with Crippen molar-refractivity contribution >= 4 is 11.9 Å². The maximum atomic E-state index is 12.2. The Hall–Kier alpha value is -2.04. The Morgan fingerprint density at radius 1 is 1.12 bits per heavy atom. The van der Waals surface area contributed by atoms with Gasteiger partial charge in [0.2, 0.25) is 5.91 Å². The second kappa shape index (κ2) is 8.71. The molecule has 132 valence electrons. The number of carbonyl (C=O) groups is 2. The van der Waals surface area contributed by atoms with Crippen molar-refractivity contribution in [1.29, 1.82) is 0 Å². The van der Waals surface area contributed by atoms with Crippen molar-refractivity contribution < 1.29 is 9.59 Å². The van der Waals surface area contributed by atoms with Gasteiger partial charge in [0.05, 0.1) is 12.6 Å². The average molecular weight is 331 g/mol. The number of urea groups is 1. The fourth-order valence-electron chi connectivity index (χ4n) is 3.02. The topological polar surface area (TPSA) is 61.4 Å². The molecule has 1 atom stereocenters. The zero-order valence-electron chi connectivity index (χ0n) is 15.0. The van der Waals surface area contributed by atoms with E-state index in [0.29, 0.717) is 0 Å². The summed E-state index contributed by atoms with van der Waals surface area (Å²) in [5.74, 6) is 0.258. The molecule has 1 aliphatic rings. The molecule has 0 bridgehead atoms. The van der Waals surface area contributed by atoms with E-state index in [0.717, 1.165) is 37.9 Å². The van der Waals surface area contributed by atoms with Crippen LogP contribution in [0.25, 0.3) is 0 Å². The van der Waals surface area contributed by atoms with Crippen molar-refractivity contribution in [1.82, 2.24) is 15.5 Å². The molecule has 0 saturated carbocycles. The molecule has 2 rings (SSSR count). The lowest BCUT2D eigenvalue weighted by molar-refractivity contribution is -0.128. The Balaban J connectivity index is 1.89. The maximum Gasteiger partial charge on any atom is 0.315 e. The van der Waals surface area contributed by atoms with E-state index in [4.69, 9.17) is 0 Å². The first-order chi connectivity index (χ1) is 11.5. The number of benzene rings is 1. The first-order valence-electron chi connectivity index (χ1n) is 8.92.